The first-order valence-corrected chi connectivity index (χ1v) is 3.57. The monoisotopic (exact) mass is 170 g/mol. The largest absolute Gasteiger partial charge is 0.494 e. The van der Waals surface area contributed by atoms with Crippen LogP contribution < -0.4 is 11.2 Å². The molecule has 1 rings (SSSR count). The first-order valence-electron chi connectivity index (χ1n) is 3.57. The molecule has 0 atom stereocenters. The van der Waals surface area contributed by atoms with Crippen LogP contribution in [0.2, 0.25) is 0 Å². The summed E-state index contributed by atoms with van der Waals surface area (Å²) in [7, 11) is 0. The van der Waals surface area contributed by atoms with Gasteiger partial charge in [0.25, 0.3) is 5.56 Å². The average molecular weight is 170 g/mol. The van der Waals surface area contributed by atoms with Crippen molar-refractivity contribution in [1.82, 2.24) is 9.55 Å². The molecule has 0 amide bonds. The van der Waals surface area contributed by atoms with Gasteiger partial charge >= 0.3 is 5.69 Å². The van der Waals surface area contributed by atoms with Crippen molar-refractivity contribution in [2.75, 3.05) is 0 Å². The van der Waals surface area contributed by atoms with E-state index in [-0.39, 0.29) is 11.9 Å². The summed E-state index contributed by atoms with van der Waals surface area (Å²) in [4.78, 5) is 23.8. The van der Waals surface area contributed by atoms with E-state index in [1.165, 1.54) is 0 Å². The second-order valence-corrected chi connectivity index (χ2v) is 2.76. The zero-order valence-corrected chi connectivity index (χ0v) is 6.87. The molecule has 0 aliphatic heterocycles. The van der Waals surface area contributed by atoms with Crippen molar-refractivity contribution >= 4 is 0 Å². The molecular weight excluding hydrogens is 160 g/mol. The first kappa shape index (κ1) is 8.58. The van der Waals surface area contributed by atoms with Crippen LogP contribution in [0.1, 0.15) is 19.9 Å². The normalized spacial score (nSPS) is 10.6. The van der Waals surface area contributed by atoms with E-state index in [9.17, 15) is 14.7 Å². The number of hydrogen-bond donors (Lipinski definition) is 2. The smallest absolute Gasteiger partial charge is 0.331 e. The van der Waals surface area contributed by atoms with Crippen LogP contribution in [0.3, 0.4) is 0 Å². The van der Waals surface area contributed by atoms with Gasteiger partial charge in [-0.2, -0.15) is 0 Å². The molecule has 5 heteroatoms. The van der Waals surface area contributed by atoms with E-state index >= 15 is 0 Å². The van der Waals surface area contributed by atoms with Crippen molar-refractivity contribution in [2.24, 2.45) is 0 Å². The Bertz CT molecular complexity index is 388. The quantitative estimate of drug-likeness (QED) is 0.614. The molecule has 0 spiro atoms. The van der Waals surface area contributed by atoms with Gasteiger partial charge in [0.05, 0.1) is 6.07 Å². The number of hydrogen-bond acceptors (Lipinski definition) is 3. The van der Waals surface area contributed by atoms with E-state index in [1.54, 1.807) is 13.8 Å². The third-order valence-corrected chi connectivity index (χ3v) is 1.47. The highest BCUT2D eigenvalue weighted by Crippen LogP contribution is 2.07. The lowest BCUT2D eigenvalue weighted by Crippen LogP contribution is -2.30. The van der Waals surface area contributed by atoms with Gasteiger partial charge in [-0.3, -0.25) is 14.3 Å². The van der Waals surface area contributed by atoms with Crippen LogP contribution in [0.25, 0.3) is 0 Å². The molecule has 0 bridgehead atoms. The second-order valence-electron chi connectivity index (χ2n) is 2.76. The van der Waals surface area contributed by atoms with Crippen molar-refractivity contribution < 1.29 is 5.11 Å². The minimum absolute atomic E-state index is 0.172. The van der Waals surface area contributed by atoms with Gasteiger partial charge in [-0.25, -0.2) is 4.79 Å². The Balaban J connectivity index is 3.49. The average Bonchev–Trinajstić information content (AvgIpc) is 1.82. The van der Waals surface area contributed by atoms with Gasteiger partial charge < -0.3 is 5.11 Å². The Morgan fingerprint density at radius 2 is 2.08 bits per heavy atom. The van der Waals surface area contributed by atoms with Crippen molar-refractivity contribution in [3.63, 3.8) is 0 Å². The lowest BCUT2D eigenvalue weighted by molar-refractivity contribution is 0.381. The Morgan fingerprint density at radius 1 is 1.50 bits per heavy atom. The summed E-state index contributed by atoms with van der Waals surface area (Å²) in [6, 6.07) is 0.802. The van der Waals surface area contributed by atoms with Crippen LogP contribution in [0.5, 0.6) is 5.88 Å². The number of aromatic hydroxyl groups is 1. The molecule has 12 heavy (non-hydrogen) atoms. The molecule has 0 aliphatic rings. The van der Waals surface area contributed by atoms with E-state index in [4.69, 9.17) is 0 Å². The minimum Gasteiger partial charge on any atom is -0.494 e. The summed E-state index contributed by atoms with van der Waals surface area (Å²) in [6.45, 7) is 3.47. The van der Waals surface area contributed by atoms with E-state index in [2.05, 4.69) is 4.98 Å². The molecule has 1 aromatic heterocycles. The van der Waals surface area contributed by atoms with Gasteiger partial charge in [-0.05, 0) is 13.8 Å². The summed E-state index contributed by atoms with van der Waals surface area (Å²) < 4.78 is 1.10. The van der Waals surface area contributed by atoms with Crippen molar-refractivity contribution in [1.29, 1.82) is 0 Å². The topological polar surface area (TPSA) is 75.1 Å². The van der Waals surface area contributed by atoms with Crippen LogP contribution >= 0.6 is 0 Å². The van der Waals surface area contributed by atoms with Gasteiger partial charge in [0.2, 0.25) is 5.88 Å². The summed E-state index contributed by atoms with van der Waals surface area (Å²) in [6.07, 6.45) is 0. The lowest BCUT2D eigenvalue weighted by atomic mass is 10.4. The van der Waals surface area contributed by atoms with E-state index in [0.29, 0.717) is 0 Å². The van der Waals surface area contributed by atoms with Crippen LogP contribution in [0.4, 0.5) is 0 Å². The van der Waals surface area contributed by atoms with Gasteiger partial charge in [0.1, 0.15) is 0 Å². The molecule has 0 saturated carbocycles. The molecule has 0 aliphatic carbocycles. The lowest BCUT2D eigenvalue weighted by Gasteiger charge is -2.09. The number of nitrogens with one attached hydrogen (secondary N) is 1. The first-order chi connectivity index (χ1) is 5.52. The Kier molecular flexibility index (Phi) is 2.03. The van der Waals surface area contributed by atoms with Crippen LogP contribution in [0.15, 0.2) is 15.7 Å². The Labute approximate surface area is 68.3 Å². The molecule has 5 nitrogen and oxygen atoms in total. The molecule has 0 fully saturated rings. The van der Waals surface area contributed by atoms with Crippen molar-refractivity contribution in [3.05, 3.63) is 26.9 Å². The third-order valence-electron chi connectivity index (χ3n) is 1.47. The third kappa shape index (κ3) is 1.39. The molecule has 0 unspecified atom stereocenters. The van der Waals surface area contributed by atoms with Crippen molar-refractivity contribution in [3.8, 4) is 5.88 Å². The second kappa shape index (κ2) is 2.84. The molecule has 2 N–H and O–H groups in total. The Hall–Kier alpha value is -1.52. The van der Waals surface area contributed by atoms with Gasteiger partial charge in [-0.1, -0.05) is 0 Å². The molecule has 0 saturated heterocycles. The highest BCUT2D eigenvalue weighted by atomic mass is 16.3. The van der Waals surface area contributed by atoms with Gasteiger partial charge in [-0.15, -0.1) is 0 Å². The fourth-order valence-corrected chi connectivity index (χ4v) is 0.992. The molecular formula is C7H10N2O3. The number of aromatic amines is 1. The zero-order valence-electron chi connectivity index (χ0n) is 6.87. The summed E-state index contributed by atoms with van der Waals surface area (Å²) >= 11 is 0. The maximum atomic E-state index is 11.0. The highest BCUT2D eigenvalue weighted by molar-refractivity contribution is 5.06. The molecule has 66 valence electrons. The van der Waals surface area contributed by atoms with Gasteiger partial charge in [0, 0.05) is 6.04 Å². The standard InChI is InChI=1S/C7H10N2O3/c1-4(2)9-6(11)3-5(10)8-7(9)12/h3-4,11H,1-2H3,(H,8,10,12). The number of aromatic nitrogens is 2. The number of rotatable bonds is 1. The SMILES string of the molecule is CC(C)n1c(O)cc(=O)[nH]c1=O. The molecule has 0 aromatic carbocycles. The maximum absolute atomic E-state index is 11.0. The fraction of sp³-hybridized carbons (Fsp3) is 0.429. The minimum atomic E-state index is -0.589. The highest BCUT2D eigenvalue weighted by Gasteiger charge is 2.06. The maximum Gasteiger partial charge on any atom is 0.331 e. The molecule has 1 heterocycles. The van der Waals surface area contributed by atoms with Crippen LogP contribution in [-0.2, 0) is 0 Å². The number of H-pyrrole nitrogens is 1. The van der Waals surface area contributed by atoms with E-state index in [1.807, 2.05) is 0 Å². The van der Waals surface area contributed by atoms with Crippen LogP contribution in [0, 0.1) is 0 Å². The van der Waals surface area contributed by atoms with Crippen LogP contribution in [-0.4, -0.2) is 14.7 Å². The van der Waals surface area contributed by atoms with E-state index < -0.39 is 11.2 Å². The molecule has 0 radical (unpaired) electrons. The predicted molar refractivity (Wildman–Crippen MR) is 43.4 cm³/mol. The van der Waals surface area contributed by atoms with Crippen molar-refractivity contribution in [2.45, 2.75) is 19.9 Å². The predicted octanol–water partition coefficient (Wildman–Crippen LogP) is -0.177. The molecule has 1 aromatic rings. The number of nitrogens with zero attached hydrogens (tertiary/aromatic N) is 1. The summed E-state index contributed by atoms with van der Waals surface area (Å²) in [5.74, 6) is -0.307. The van der Waals surface area contributed by atoms with E-state index in [0.717, 1.165) is 10.6 Å². The van der Waals surface area contributed by atoms with Gasteiger partial charge in [0.15, 0.2) is 0 Å². The summed E-state index contributed by atoms with van der Waals surface area (Å²) in [5, 5.41) is 9.19. The summed E-state index contributed by atoms with van der Waals surface area (Å²) in [5.41, 5.74) is -1.18. The zero-order chi connectivity index (χ0) is 9.30. The fourth-order valence-electron chi connectivity index (χ4n) is 0.992. The Morgan fingerprint density at radius 3 is 2.50 bits per heavy atom.